The number of likely N-dealkylation sites (N-methyl/N-ethyl adjacent to an activating group) is 1. The van der Waals surface area contributed by atoms with Gasteiger partial charge in [-0.05, 0) is 62.5 Å². The summed E-state index contributed by atoms with van der Waals surface area (Å²) < 4.78 is 24.3. The number of nitrogens with zero attached hydrogens (tertiary/aromatic N) is 4. The zero-order valence-corrected chi connectivity index (χ0v) is 20.8. The van der Waals surface area contributed by atoms with Gasteiger partial charge in [-0.1, -0.05) is 13.0 Å². The van der Waals surface area contributed by atoms with Gasteiger partial charge in [0.1, 0.15) is 18.0 Å². The summed E-state index contributed by atoms with van der Waals surface area (Å²) >= 11 is 0. The van der Waals surface area contributed by atoms with Crippen LogP contribution in [0.1, 0.15) is 23.7 Å². The summed E-state index contributed by atoms with van der Waals surface area (Å²) in [4.78, 5) is 25.8. The zero-order chi connectivity index (χ0) is 24.8. The fourth-order valence-corrected chi connectivity index (χ4v) is 4.78. The Kier molecular flexibility index (Phi) is 7.62. The van der Waals surface area contributed by atoms with Gasteiger partial charge in [0.15, 0.2) is 9.84 Å². The monoisotopic (exact) mass is 494 g/mol. The molecule has 0 radical (unpaired) electrons. The number of hydrogen-bond donors (Lipinski definition) is 2. The van der Waals surface area contributed by atoms with E-state index in [1.807, 2.05) is 29.2 Å². The molecule has 0 aliphatic carbocycles. The normalized spacial score (nSPS) is 14.9. The van der Waals surface area contributed by atoms with Crippen molar-refractivity contribution in [1.82, 2.24) is 19.8 Å². The number of nitrogens with one attached hydrogen (secondary N) is 2. The molecule has 1 saturated heterocycles. The van der Waals surface area contributed by atoms with E-state index in [1.165, 1.54) is 6.33 Å². The van der Waals surface area contributed by atoms with Crippen molar-refractivity contribution in [3.05, 3.63) is 66.5 Å². The number of carbonyl (C=O) groups excluding carboxylic acids is 1. The van der Waals surface area contributed by atoms with Gasteiger partial charge in [-0.3, -0.25) is 4.79 Å². The molecule has 0 bridgehead atoms. The van der Waals surface area contributed by atoms with Crippen LogP contribution in [0.5, 0.6) is 0 Å². The zero-order valence-electron chi connectivity index (χ0n) is 19.9. The van der Waals surface area contributed by atoms with Crippen molar-refractivity contribution in [2.24, 2.45) is 0 Å². The van der Waals surface area contributed by atoms with Gasteiger partial charge < -0.3 is 20.4 Å². The Morgan fingerprint density at radius 3 is 2.34 bits per heavy atom. The molecule has 3 aromatic rings. The van der Waals surface area contributed by atoms with Crippen LogP contribution in [0.3, 0.4) is 0 Å². The predicted molar refractivity (Wildman–Crippen MR) is 137 cm³/mol. The molecule has 1 aromatic heterocycles. The molecule has 1 aliphatic heterocycles. The van der Waals surface area contributed by atoms with Crippen LogP contribution in [0.15, 0.2) is 65.8 Å². The number of sulfone groups is 1. The topological polar surface area (TPSA) is 108 Å². The Morgan fingerprint density at radius 1 is 0.914 bits per heavy atom. The number of hydrogen-bond acceptors (Lipinski definition) is 8. The number of rotatable bonds is 7. The van der Waals surface area contributed by atoms with Gasteiger partial charge in [-0.2, -0.15) is 0 Å². The third-order valence-corrected chi connectivity index (χ3v) is 7.66. The van der Waals surface area contributed by atoms with Gasteiger partial charge in [0, 0.05) is 42.6 Å². The molecule has 1 amide bonds. The standard InChI is InChI=1S/C25H30N6O3S/c1-3-35(33,34)22-7-4-6-21(16-22)29-24-17-23(26-18-27-24)28-20-10-8-19(9-11-20)25(32)31-13-5-12-30(2)14-15-31/h4,6-11,16-18H,3,5,12-15H2,1-2H3,(H2,26,27,28,29). The van der Waals surface area contributed by atoms with Crippen LogP contribution in [0.4, 0.5) is 23.0 Å². The Bertz CT molecular complexity index is 1280. The minimum Gasteiger partial charge on any atom is -0.340 e. The number of anilines is 4. The quantitative estimate of drug-likeness (QED) is 0.514. The SMILES string of the molecule is CCS(=O)(=O)c1cccc(Nc2cc(Nc3ccc(C(=O)N4CCCN(C)CC4)cc3)ncn2)c1. The van der Waals surface area contributed by atoms with Crippen LogP contribution in [0, 0.1) is 0 Å². The molecule has 0 saturated carbocycles. The van der Waals surface area contributed by atoms with Crippen molar-refractivity contribution >= 4 is 38.8 Å². The number of aromatic nitrogens is 2. The Hall–Kier alpha value is -3.50. The Labute approximate surface area is 206 Å². The van der Waals surface area contributed by atoms with Crippen LogP contribution in [-0.4, -0.2) is 73.1 Å². The lowest BCUT2D eigenvalue weighted by atomic mass is 10.1. The fourth-order valence-electron chi connectivity index (χ4n) is 3.85. The van der Waals surface area contributed by atoms with E-state index in [-0.39, 0.29) is 16.6 Å². The first-order chi connectivity index (χ1) is 16.8. The summed E-state index contributed by atoms with van der Waals surface area (Å²) in [7, 11) is -1.22. The molecule has 10 heteroatoms. The third kappa shape index (κ3) is 6.34. The molecule has 0 atom stereocenters. The Morgan fingerprint density at radius 2 is 1.63 bits per heavy atom. The van der Waals surface area contributed by atoms with Crippen molar-refractivity contribution in [3.63, 3.8) is 0 Å². The molecule has 1 aliphatic rings. The van der Waals surface area contributed by atoms with Gasteiger partial charge in [-0.25, -0.2) is 18.4 Å². The van der Waals surface area contributed by atoms with Crippen molar-refractivity contribution in [2.45, 2.75) is 18.2 Å². The smallest absolute Gasteiger partial charge is 0.253 e. The molecular formula is C25H30N6O3S. The summed E-state index contributed by atoms with van der Waals surface area (Å²) in [6.07, 6.45) is 2.40. The lowest BCUT2D eigenvalue weighted by molar-refractivity contribution is 0.0763. The van der Waals surface area contributed by atoms with Gasteiger partial charge in [0.2, 0.25) is 0 Å². The van der Waals surface area contributed by atoms with E-state index in [1.54, 1.807) is 37.3 Å². The molecule has 35 heavy (non-hydrogen) atoms. The molecule has 2 aromatic carbocycles. The summed E-state index contributed by atoms with van der Waals surface area (Å²) in [6, 6.07) is 15.7. The minimum absolute atomic E-state index is 0.0395. The van der Waals surface area contributed by atoms with E-state index in [4.69, 9.17) is 0 Å². The molecule has 4 rings (SSSR count). The molecular weight excluding hydrogens is 464 g/mol. The maximum atomic E-state index is 12.9. The highest BCUT2D eigenvalue weighted by molar-refractivity contribution is 7.91. The highest BCUT2D eigenvalue weighted by atomic mass is 32.2. The summed E-state index contributed by atoms with van der Waals surface area (Å²) in [5.74, 6) is 1.17. The van der Waals surface area contributed by atoms with Crippen LogP contribution >= 0.6 is 0 Å². The largest absolute Gasteiger partial charge is 0.340 e. The second kappa shape index (κ2) is 10.8. The van der Waals surface area contributed by atoms with Crippen LogP contribution in [-0.2, 0) is 9.84 Å². The number of benzene rings is 2. The average molecular weight is 495 g/mol. The van der Waals surface area contributed by atoms with Crippen molar-refractivity contribution in [1.29, 1.82) is 0 Å². The first-order valence-electron chi connectivity index (χ1n) is 11.6. The molecule has 2 heterocycles. The van der Waals surface area contributed by atoms with E-state index < -0.39 is 9.84 Å². The van der Waals surface area contributed by atoms with Gasteiger partial charge in [0.25, 0.3) is 5.91 Å². The van der Waals surface area contributed by atoms with Gasteiger partial charge in [-0.15, -0.1) is 0 Å². The molecule has 0 spiro atoms. The van der Waals surface area contributed by atoms with Crippen LogP contribution in [0.2, 0.25) is 0 Å². The fraction of sp³-hybridized carbons (Fsp3) is 0.320. The highest BCUT2D eigenvalue weighted by Gasteiger charge is 2.19. The molecule has 2 N–H and O–H groups in total. The average Bonchev–Trinajstić information content (AvgIpc) is 3.09. The van der Waals surface area contributed by atoms with E-state index in [0.29, 0.717) is 22.9 Å². The lowest BCUT2D eigenvalue weighted by Crippen LogP contribution is -2.34. The maximum Gasteiger partial charge on any atom is 0.253 e. The summed E-state index contributed by atoms with van der Waals surface area (Å²) in [6.45, 7) is 5.01. The van der Waals surface area contributed by atoms with Crippen LogP contribution < -0.4 is 10.6 Å². The molecule has 184 valence electrons. The Balaban J connectivity index is 1.42. The van der Waals surface area contributed by atoms with Crippen molar-refractivity contribution in [2.75, 3.05) is 49.6 Å². The first kappa shape index (κ1) is 24.6. The van der Waals surface area contributed by atoms with Crippen molar-refractivity contribution < 1.29 is 13.2 Å². The highest BCUT2D eigenvalue weighted by Crippen LogP contribution is 2.22. The second-order valence-corrected chi connectivity index (χ2v) is 10.8. The van der Waals surface area contributed by atoms with E-state index >= 15 is 0 Å². The van der Waals surface area contributed by atoms with E-state index in [9.17, 15) is 13.2 Å². The number of amides is 1. The number of carbonyl (C=O) groups is 1. The van der Waals surface area contributed by atoms with E-state index in [2.05, 4.69) is 32.5 Å². The summed E-state index contributed by atoms with van der Waals surface area (Å²) in [5, 5.41) is 6.34. The maximum absolute atomic E-state index is 12.9. The van der Waals surface area contributed by atoms with Crippen LogP contribution in [0.25, 0.3) is 0 Å². The molecule has 1 fully saturated rings. The lowest BCUT2D eigenvalue weighted by Gasteiger charge is -2.20. The summed E-state index contributed by atoms with van der Waals surface area (Å²) in [5.41, 5.74) is 2.07. The third-order valence-electron chi connectivity index (χ3n) is 5.92. The molecule has 9 nitrogen and oxygen atoms in total. The van der Waals surface area contributed by atoms with Gasteiger partial charge >= 0.3 is 0 Å². The first-order valence-corrected chi connectivity index (χ1v) is 13.3. The van der Waals surface area contributed by atoms with Crippen molar-refractivity contribution in [3.8, 4) is 0 Å². The predicted octanol–water partition coefficient (Wildman–Crippen LogP) is 3.54. The second-order valence-electron chi connectivity index (χ2n) is 8.50. The van der Waals surface area contributed by atoms with Gasteiger partial charge in [0.05, 0.1) is 10.6 Å². The molecule has 0 unspecified atom stereocenters. The minimum atomic E-state index is -3.30. The van der Waals surface area contributed by atoms with E-state index in [0.717, 1.165) is 38.3 Å².